The van der Waals surface area contributed by atoms with Crippen LogP contribution in [0.15, 0.2) is 59.5 Å². The zero-order valence-corrected chi connectivity index (χ0v) is 12.2. The van der Waals surface area contributed by atoms with Gasteiger partial charge in [-0.05, 0) is 51.9 Å². The molecule has 0 aromatic heterocycles. The number of rotatable bonds is 4. The second kappa shape index (κ2) is 5.85. The maximum atomic E-state index is 5.75. The number of halogens is 1. The van der Waals surface area contributed by atoms with Crippen molar-refractivity contribution in [2.24, 2.45) is 0 Å². The Morgan fingerprint density at radius 2 is 1.58 bits per heavy atom. The van der Waals surface area contributed by atoms with Crippen LogP contribution in [-0.4, -0.2) is 11.6 Å². The molecule has 0 N–H and O–H groups in total. The van der Waals surface area contributed by atoms with Gasteiger partial charge >= 0.3 is 0 Å². The minimum Gasteiger partial charge on any atom is -0.127 e. The van der Waals surface area contributed by atoms with Gasteiger partial charge in [-0.2, -0.15) is 0 Å². The molecule has 0 heterocycles. The van der Waals surface area contributed by atoms with Gasteiger partial charge in [-0.3, -0.25) is 0 Å². The molecule has 2 heteroatoms. The summed E-state index contributed by atoms with van der Waals surface area (Å²) >= 11 is 7.65. The van der Waals surface area contributed by atoms with E-state index in [-0.39, 0.29) is 0 Å². The molecule has 0 saturated carbocycles. The summed E-state index contributed by atoms with van der Waals surface area (Å²) < 4.78 is 0. The Hall–Kier alpha value is -1.18. The van der Waals surface area contributed by atoms with Crippen molar-refractivity contribution in [1.82, 2.24) is 0 Å². The first-order valence-corrected chi connectivity index (χ1v) is 8.01. The standard InChI is InChI=1S/C17H15ClS/c18-9-4-10-19-17-8-3-7-15-11-13-5-1-2-6-14(13)12-16(15)17/h1-3,5-8,11-12H,4,9-10H2. The predicted octanol–water partition coefficient (Wildman–Crippen LogP) is 5.71. The molecule has 3 rings (SSSR count). The van der Waals surface area contributed by atoms with Crippen LogP contribution in [0.5, 0.6) is 0 Å². The van der Waals surface area contributed by atoms with E-state index in [1.165, 1.54) is 26.4 Å². The lowest BCUT2D eigenvalue weighted by molar-refractivity contribution is 1.12. The molecule has 0 aliphatic heterocycles. The van der Waals surface area contributed by atoms with Crippen LogP contribution in [0, 0.1) is 0 Å². The van der Waals surface area contributed by atoms with Crippen LogP contribution < -0.4 is 0 Å². The molecule has 0 amide bonds. The summed E-state index contributed by atoms with van der Waals surface area (Å²) in [5.74, 6) is 1.82. The first-order valence-electron chi connectivity index (χ1n) is 6.49. The van der Waals surface area contributed by atoms with E-state index in [1.807, 2.05) is 11.8 Å². The van der Waals surface area contributed by atoms with Gasteiger partial charge in [0.05, 0.1) is 0 Å². The highest BCUT2D eigenvalue weighted by Gasteiger charge is 2.03. The first kappa shape index (κ1) is 12.8. The van der Waals surface area contributed by atoms with Gasteiger partial charge in [0.25, 0.3) is 0 Å². The fourth-order valence-electron chi connectivity index (χ4n) is 2.30. The highest BCUT2D eigenvalue weighted by atomic mass is 35.5. The molecule has 0 saturated heterocycles. The van der Waals surface area contributed by atoms with Gasteiger partial charge in [0.2, 0.25) is 0 Å². The van der Waals surface area contributed by atoms with Gasteiger partial charge in [-0.15, -0.1) is 23.4 Å². The highest BCUT2D eigenvalue weighted by molar-refractivity contribution is 7.99. The summed E-state index contributed by atoms with van der Waals surface area (Å²) in [6.45, 7) is 0. The minimum atomic E-state index is 0.737. The van der Waals surface area contributed by atoms with Crippen LogP contribution in [0.2, 0.25) is 0 Å². The average molecular weight is 287 g/mol. The number of fused-ring (bicyclic) bond motifs is 2. The number of thioether (sulfide) groups is 1. The Labute approximate surface area is 122 Å². The summed E-state index contributed by atoms with van der Waals surface area (Å²) in [6, 6.07) is 19.6. The zero-order valence-electron chi connectivity index (χ0n) is 10.6. The van der Waals surface area contributed by atoms with E-state index in [9.17, 15) is 0 Å². The van der Waals surface area contributed by atoms with Crippen LogP contribution in [0.25, 0.3) is 21.5 Å². The third kappa shape index (κ3) is 2.72. The van der Waals surface area contributed by atoms with E-state index in [0.29, 0.717) is 0 Å². The lowest BCUT2D eigenvalue weighted by Gasteiger charge is -2.07. The van der Waals surface area contributed by atoms with Crippen molar-refractivity contribution in [3.8, 4) is 0 Å². The highest BCUT2D eigenvalue weighted by Crippen LogP contribution is 2.31. The monoisotopic (exact) mass is 286 g/mol. The first-order chi connectivity index (χ1) is 9.38. The normalized spacial score (nSPS) is 11.2. The fraction of sp³-hybridized carbons (Fsp3) is 0.176. The predicted molar refractivity (Wildman–Crippen MR) is 87.5 cm³/mol. The van der Waals surface area contributed by atoms with Crippen LogP contribution in [0.4, 0.5) is 0 Å². The fourth-order valence-corrected chi connectivity index (χ4v) is 3.61. The molecule has 0 bridgehead atoms. The second-order valence-corrected chi connectivity index (χ2v) is 6.08. The molecule has 96 valence electrons. The van der Waals surface area contributed by atoms with E-state index in [4.69, 9.17) is 11.6 Å². The van der Waals surface area contributed by atoms with E-state index in [0.717, 1.165) is 18.1 Å². The molecule has 0 spiro atoms. The number of hydrogen-bond acceptors (Lipinski definition) is 1. The van der Waals surface area contributed by atoms with Gasteiger partial charge in [0.15, 0.2) is 0 Å². The Morgan fingerprint density at radius 3 is 2.37 bits per heavy atom. The van der Waals surface area contributed by atoms with Gasteiger partial charge in [-0.1, -0.05) is 36.4 Å². The second-order valence-electron chi connectivity index (χ2n) is 4.57. The molecular weight excluding hydrogens is 272 g/mol. The largest absolute Gasteiger partial charge is 0.127 e. The SMILES string of the molecule is ClCCCSc1cccc2cc3ccccc3cc12. The molecule has 0 aliphatic carbocycles. The third-order valence-corrected chi connectivity index (χ3v) is 4.67. The van der Waals surface area contributed by atoms with Gasteiger partial charge in [-0.25, -0.2) is 0 Å². The van der Waals surface area contributed by atoms with E-state index < -0.39 is 0 Å². The minimum absolute atomic E-state index is 0.737. The molecule has 0 aliphatic rings. The summed E-state index contributed by atoms with van der Waals surface area (Å²) in [5.41, 5.74) is 0. The molecule has 3 aromatic rings. The van der Waals surface area contributed by atoms with E-state index in [1.54, 1.807) is 0 Å². The van der Waals surface area contributed by atoms with E-state index >= 15 is 0 Å². The summed E-state index contributed by atoms with van der Waals surface area (Å²) in [5, 5.41) is 5.27. The molecular formula is C17H15ClS. The van der Waals surface area contributed by atoms with Crippen molar-refractivity contribution in [2.45, 2.75) is 11.3 Å². The van der Waals surface area contributed by atoms with Crippen LogP contribution >= 0.6 is 23.4 Å². The molecule has 0 radical (unpaired) electrons. The number of alkyl halides is 1. The number of hydrogen-bond donors (Lipinski definition) is 0. The van der Waals surface area contributed by atoms with Crippen LogP contribution in [0.3, 0.4) is 0 Å². The van der Waals surface area contributed by atoms with Gasteiger partial charge in [0, 0.05) is 10.8 Å². The third-order valence-electron chi connectivity index (χ3n) is 3.24. The van der Waals surface area contributed by atoms with Crippen molar-refractivity contribution >= 4 is 44.9 Å². The van der Waals surface area contributed by atoms with Gasteiger partial charge < -0.3 is 0 Å². The topological polar surface area (TPSA) is 0 Å². The molecule has 0 unspecified atom stereocenters. The molecule has 0 atom stereocenters. The summed E-state index contributed by atoms with van der Waals surface area (Å²) in [7, 11) is 0. The maximum Gasteiger partial charge on any atom is 0.0231 e. The quantitative estimate of drug-likeness (QED) is 0.256. The average Bonchev–Trinajstić information content (AvgIpc) is 2.46. The van der Waals surface area contributed by atoms with Gasteiger partial charge in [0.1, 0.15) is 0 Å². The smallest absolute Gasteiger partial charge is 0.0231 e. The van der Waals surface area contributed by atoms with Crippen LogP contribution in [0.1, 0.15) is 6.42 Å². The van der Waals surface area contributed by atoms with Crippen molar-refractivity contribution in [3.05, 3.63) is 54.6 Å². The molecule has 19 heavy (non-hydrogen) atoms. The van der Waals surface area contributed by atoms with Crippen molar-refractivity contribution in [1.29, 1.82) is 0 Å². The van der Waals surface area contributed by atoms with Crippen molar-refractivity contribution in [2.75, 3.05) is 11.6 Å². The summed E-state index contributed by atoms with van der Waals surface area (Å²) in [4.78, 5) is 1.35. The van der Waals surface area contributed by atoms with E-state index in [2.05, 4.69) is 54.6 Å². The molecule has 0 fully saturated rings. The lowest BCUT2D eigenvalue weighted by Crippen LogP contribution is -1.83. The molecule has 3 aromatic carbocycles. The zero-order chi connectivity index (χ0) is 13.1. The summed E-state index contributed by atoms with van der Waals surface area (Å²) in [6.07, 6.45) is 1.05. The lowest BCUT2D eigenvalue weighted by atomic mass is 10.0. The van der Waals surface area contributed by atoms with Crippen LogP contribution in [-0.2, 0) is 0 Å². The Kier molecular flexibility index (Phi) is 3.95. The molecule has 0 nitrogen and oxygen atoms in total. The Morgan fingerprint density at radius 1 is 0.842 bits per heavy atom. The van der Waals surface area contributed by atoms with Crippen molar-refractivity contribution < 1.29 is 0 Å². The van der Waals surface area contributed by atoms with Crippen molar-refractivity contribution in [3.63, 3.8) is 0 Å². The number of benzene rings is 3. The Balaban J connectivity index is 2.09. The Bertz CT molecular complexity index is 706. The maximum absolute atomic E-state index is 5.75.